The van der Waals surface area contributed by atoms with Crippen molar-refractivity contribution in [3.05, 3.63) is 59.2 Å². The van der Waals surface area contributed by atoms with Gasteiger partial charge in [-0.15, -0.1) is 0 Å². The van der Waals surface area contributed by atoms with Crippen LogP contribution in [0.5, 0.6) is 5.75 Å². The molecule has 6 rings (SSSR count). The van der Waals surface area contributed by atoms with Gasteiger partial charge in [-0.3, -0.25) is 0 Å². The van der Waals surface area contributed by atoms with Crippen molar-refractivity contribution in [1.82, 2.24) is 0 Å². The van der Waals surface area contributed by atoms with Gasteiger partial charge in [-0.2, -0.15) is 0 Å². The third-order valence-corrected chi connectivity index (χ3v) is 7.93. The fraction of sp³-hybridized carbons (Fsp3) is 0.467. The molecule has 2 N–H and O–H groups in total. The highest BCUT2D eigenvalue weighted by Gasteiger charge is 2.52. The smallest absolute Gasteiger partial charge is 0.328 e. The summed E-state index contributed by atoms with van der Waals surface area (Å²) in [6.07, 6.45) is 12.0. The second kappa shape index (κ2) is 8.85. The Morgan fingerprint density at radius 3 is 2.29 bits per heavy atom. The molecule has 184 valence electrons. The van der Waals surface area contributed by atoms with Gasteiger partial charge in [-0.1, -0.05) is 23.4 Å². The highest BCUT2D eigenvalue weighted by Crippen LogP contribution is 2.62. The average Bonchev–Trinajstić information content (AvgIpc) is 2.76. The third kappa shape index (κ3) is 5.00. The van der Waals surface area contributed by atoms with Crippen LogP contribution in [0.15, 0.2) is 47.6 Å². The van der Waals surface area contributed by atoms with Gasteiger partial charge >= 0.3 is 5.97 Å². The number of benzene rings is 2. The number of nitrogens with zero attached hydrogens (tertiary/aromatic N) is 1. The van der Waals surface area contributed by atoms with Crippen molar-refractivity contribution in [2.75, 3.05) is 0 Å². The molecule has 4 bridgehead atoms. The summed E-state index contributed by atoms with van der Waals surface area (Å²) in [6, 6.07) is 11.8. The van der Waals surface area contributed by atoms with Gasteiger partial charge < -0.3 is 15.1 Å². The lowest BCUT2D eigenvalue weighted by Crippen LogP contribution is -2.48. The third-order valence-electron chi connectivity index (χ3n) is 7.93. The number of carboxylic acid groups (broad SMARTS) is 1. The van der Waals surface area contributed by atoms with E-state index in [0.29, 0.717) is 5.75 Å². The first kappa shape index (κ1) is 23.7. The zero-order valence-corrected chi connectivity index (χ0v) is 20.8. The number of rotatable bonds is 6. The van der Waals surface area contributed by atoms with Gasteiger partial charge in [-0.05, 0) is 123 Å². The zero-order chi connectivity index (χ0) is 24.8. The average molecular weight is 474 g/mol. The SMILES string of the molecule is CC(C)(C)ON=Cc1cc(C=CC(=O)O)ccc1-c1ccc(O)c(C23CC4CC(CC(C4)C2)C3)c1. The van der Waals surface area contributed by atoms with Crippen LogP contribution in [0.4, 0.5) is 0 Å². The molecule has 0 unspecified atom stereocenters. The number of aromatic hydroxyl groups is 1. The molecule has 0 heterocycles. The van der Waals surface area contributed by atoms with Crippen molar-refractivity contribution in [3.8, 4) is 16.9 Å². The monoisotopic (exact) mass is 473 g/mol. The number of oxime groups is 1. The van der Waals surface area contributed by atoms with E-state index in [2.05, 4.69) is 11.2 Å². The van der Waals surface area contributed by atoms with Crippen LogP contribution < -0.4 is 0 Å². The Balaban J connectivity index is 1.54. The summed E-state index contributed by atoms with van der Waals surface area (Å²) in [5.74, 6) is 1.80. The Kier molecular flexibility index (Phi) is 5.98. The molecule has 35 heavy (non-hydrogen) atoms. The van der Waals surface area contributed by atoms with E-state index in [4.69, 9.17) is 9.94 Å². The summed E-state index contributed by atoms with van der Waals surface area (Å²) >= 11 is 0. The summed E-state index contributed by atoms with van der Waals surface area (Å²) in [5.41, 5.74) is 4.38. The first-order chi connectivity index (χ1) is 16.6. The molecule has 0 aliphatic heterocycles. The van der Waals surface area contributed by atoms with Crippen LogP contribution in [0.25, 0.3) is 17.2 Å². The Hall–Kier alpha value is -3.08. The minimum atomic E-state index is -0.987. The van der Waals surface area contributed by atoms with Crippen LogP contribution in [0.1, 0.15) is 76.0 Å². The fourth-order valence-electron chi connectivity index (χ4n) is 7.03. The lowest BCUT2D eigenvalue weighted by atomic mass is 9.48. The van der Waals surface area contributed by atoms with Crippen LogP contribution in [0, 0.1) is 17.8 Å². The first-order valence-corrected chi connectivity index (χ1v) is 12.7. The quantitative estimate of drug-likeness (QED) is 0.275. The van der Waals surface area contributed by atoms with Crippen LogP contribution in [0.3, 0.4) is 0 Å². The minimum absolute atomic E-state index is 0.0859. The molecule has 5 heteroatoms. The summed E-state index contributed by atoms with van der Waals surface area (Å²) in [6.45, 7) is 5.82. The molecule has 4 saturated carbocycles. The van der Waals surface area contributed by atoms with Crippen LogP contribution in [-0.2, 0) is 15.0 Å². The fourth-order valence-corrected chi connectivity index (χ4v) is 7.03. The molecule has 4 aliphatic rings. The van der Waals surface area contributed by atoms with E-state index in [-0.39, 0.29) is 5.41 Å². The first-order valence-electron chi connectivity index (χ1n) is 12.7. The molecule has 2 aromatic carbocycles. The van der Waals surface area contributed by atoms with Gasteiger partial charge in [0.05, 0.1) is 6.21 Å². The molecule has 5 nitrogen and oxygen atoms in total. The maximum atomic E-state index is 11.0. The van der Waals surface area contributed by atoms with E-state index < -0.39 is 11.6 Å². The maximum Gasteiger partial charge on any atom is 0.328 e. The summed E-state index contributed by atoms with van der Waals surface area (Å²) in [4.78, 5) is 16.6. The number of carboxylic acids is 1. The van der Waals surface area contributed by atoms with Crippen molar-refractivity contribution in [1.29, 1.82) is 0 Å². The topological polar surface area (TPSA) is 79.1 Å². The van der Waals surface area contributed by atoms with Crippen molar-refractivity contribution in [2.45, 2.75) is 70.3 Å². The Bertz CT molecular complexity index is 1150. The van der Waals surface area contributed by atoms with Gasteiger partial charge in [-0.25, -0.2) is 4.79 Å². The van der Waals surface area contributed by atoms with Gasteiger partial charge in [0.15, 0.2) is 0 Å². The Morgan fingerprint density at radius 2 is 1.69 bits per heavy atom. The lowest BCUT2D eigenvalue weighted by molar-refractivity contribution is -0.131. The number of hydrogen-bond acceptors (Lipinski definition) is 4. The van der Waals surface area contributed by atoms with Crippen LogP contribution >= 0.6 is 0 Å². The lowest BCUT2D eigenvalue weighted by Gasteiger charge is -2.57. The van der Waals surface area contributed by atoms with Crippen molar-refractivity contribution in [2.24, 2.45) is 22.9 Å². The summed E-state index contributed by atoms with van der Waals surface area (Å²) in [5, 5.41) is 24.2. The van der Waals surface area contributed by atoms with E-state index in [0.717, 1.165) is 51.6 Å². The molecule has 2 aromatic rings. The van der Waals surface area contributed by atoms with Crippen LogP contribution in [-0.4, -0.2) is 28.0 Å². The summed E-state index contributed by atoms with van der Waals surface area (Å²) < 4.78 is 0. The van der Waals surface area contributed by atoms with Gasteiger partial charge in [0, 0.05) is 17.2 Å². The van der Waals surface area contributed by atoms with E-state index in [1.165, 1.54) is 38.5 Å². The predicted molar refractivity (Wildman–Crippen MR) is 138 cm³/mol. The molecule has 4 aliphatic carbocycles. The van der Waals surface area contributed by atoms with Crippen molar-refractivity contribution >= 4 is 18.3 Å². The largest absolute Gasteiger partial charge is 0.508 e. The summed E-state index contributed by atoms with van der Waals surface area (Å²) in [7, 11) is 0. The molecule has 0 saturated heterocycles. The molecule has 0 atom stereocenters. The maximum absolute atomic E-state index is 11.0. The molecular formula is C30H35NO4. The standard InChI is InChI=1S/C30H35NO4/c1-29(2,3)35-31-18-24-13-19(5-9-28(33)34)4-7-25(24)23-6-8-27(32)26(14-23)30-15-20-10-21(16-30)12-22(11-20)17-30/h4-9,13-14,18,20-22,32H,10-12,15-17H2,1-3H3,(H,33,34). The highest BCUT2D eigenvalue weighted by atomic mass is 16.6. The minimum Gasteiger partial charge on any atom is -0.508 e. The molecule has 0 radical (unpaired) electrons. The van der Waals surface area contributed by atoms with Crippen LogP contribution in [0.2, 0.25) is 0 Å². The number of carbonyl (C=O) groups is 1. The number of phenolic OH excluding ortho intramolecular Hbond substituents is 1. The normalized spacial score (nSPS) is 27.7. The number of aliphatic carboxylic acids is 1. The van der Waals surface area contributed by atoms with E-state index in [9.17, 15) is 9.90 Å². The molecule has 0 spiro atoms. The second-order valence-electron chi connectivity index (χ2n) is 11.9. The second-order valence-corrected chi connectivity index (χ2v) is 11.9. The number of hydrogen-bond donors (Lipinski definition) is 2. The van der Waals surface area contributed by atoms with Gasteiger partial charge in [0.2, 0.25) is 0 Å². The number of phenols is 1. The van der Waals surface area contributed by atoms with E-state index in [1.807, 2.05) is 51.1 Å². The molecular weight excluding hydrogens is 438 g/mol. The molecule has 4 fully saturated rings. The van der Waals surface area contributed by atoms with Crippen molar-refractivity contribution < 1.29 is 19.8 Å². The molecule has 0 amide bonds. The van der Waals surface area contributed by atoms with E-state index in [1.54, 1.807) is 12.3 Å². The highest BCUT2D eigenvalue weighted by molar-refractivity contribution is 5.92. The zero-order valence-electron chi connectivity index (χ0n) is 20.8. The Morgan fingerprint density at radius 1 is 1.03 bits per heavy atom. The molecule has 0 aromatic heterocycles. The van der Waals surface area contributed by atoms with E-state index >= 15 is 0 Å². The van der Waals surface area contributed by atoms with Crippen molar-refractivity contribution in [3.63, 3.8) is 0 Å². The predicted octanol–water partition coefficient (Wildman–Crippen LogP) is 6.77. The van der Waals surface area contributed by atoms with Gasteiger partial charge in [0.25, 0.3) is 0 Å². The Labute approximate surface area is 207 Å². The van der Waals surface area contributed by atoms with Gasteiger partial charge in [0.1, 0.15) is 11.4 Å².